The average Bonchev–Trinajstić information content (AvgIpc) is 2.55. The molecule has 0 aromatic heterocycles. The van der Waals surface area contributed by atoms with E-state index >= 15 is 0 Å². The second kappa shape index (κ2) is 15.5. The molecule has 0 aliphatic carbocycles. The summed E-state index contributed by atoms with van der Waals surface area (Å²) in [6.45, 7) is 16.5. The molecule has 0 amide bonds. The first-order chi connectivity index (χ1) is 11.7. The molecule has 0 spiro atoms. The van der Waals surface area contributed by atoms with Crippen LogP contribution in [0.5, 0.6) is 0 Å². The number of carbonyl (C=O) groups excluding carboxylic acids is 1. The van der Waals surface area contributed by atoms with Crippen molar-refractivity contribution in [2.24, 2.45) is 0 Å². The first kappa shape index (κ1) is 26.4. The highest BCUT2D eigenvalue weighted by atomic mass is 79.9. The van der Waals surface area contributed by atoms with Crippen molar-refractivity contribution in [2.75, 3.05) is 0 Å². The van der Waals surface area contributed by atoms with Gasteiger partial charge in [0.25, 0.3) is 6.47 Å². The van der Waals surface area contributed by atoms with Gasteiger partial charge in [-0.2, -0.15) is 0 Å². The minimum absolute atomic E-state index is 0.0301. The van der Waals surface area contributed by atoms with Crippen LogP contribution in [0.3, 0.4) is 0 Å². The van der Waals surface area contributed by atoms with Crippen LogP contribution in [0.4, 0.5) is 0 Å². The lowest BCUT2D eigenvalue weighted by atomic mass is 9.87. The van der Waals surface area contributed by atoms with Gasteiger partial charge in [0.1, 0.15) is 0 Å². The Bertz CT molecular complexity index is 475. The summed E-state index contributed by atoms with van der Waals surface area (Å²) in [5.74, 6) is 0. The molecule has 144 valence electrons. The van der Waals surface area contributed by atoms with Gasteiger partial charge in [0.15, 0.2) is 0 Å². The zero-order valence-electron chi connectivity index (χ0n) is 16.4. The van der Waals surface area contributed by atoms with E-state index < -0.39 is 0 Å². The molecule has 0 radical (unpaired) electrons. The lowest BCUT2D eigenvalue weighted by Gasteiger charge is -2.29. The Morgan fingerprint density at radius 1 is 1.32 bits per heavy atom. The molecule has 0 aliphatic rings. The molecular weight excluding hydrogens is 398 g/mol. The smallest absolute Gasteiger partial charge is 0.293 e. The third-order valence-corrected chi connectivity index (χ3v) is 4.23. The number of carbonyl (C=O) groups is 1. The van der Waals surface area contributed by atoms with Crippen LogP contribution in [0, 0.1) is 0 Å². The highest BCUT2D eigenvalue weighted by Gasteiger charge is 2.24. The summed E-state index contributed by atoms with van der Waals surface area (Å²) in [4.78, 5) is 9.39. The predicted molar refractivity (Wildman–Crippen MR) is 116 cm³/mol. The van der Waals surface area contributed by atoms with Gasteiger partial charge in [0.05, 0.1) is 11.6 Å². The molecule has 0 heterocycles. The van der Waals surface area contributed by atoms with E-state index in [1.807, 2.05) is 19.1 Å². The van der Waals surface area contributed by atoms with Gasteiger partial charge >= 0.3 is 0 Å². The van der Waals surface area contributed by atoms with Crippen LogP contribution in [-0.2, 0) is 15.1 Å². The summed E-state index contributed by atoms with van der Waals surface area (Å²) in [6.07, 6.45) is 3.54. The molecule has 0 bridgehead atoms. The third-order valence-electron chi connectivity index (χ3n) is 3.21. The van der Waals surface area contributed by atoms with E-state index in [-0.39, 0.29) is 11.6 Å². The second-order valence-electron chi connectivity index (χ2n) is 6.37. The third kappa shape index (κ3) is 14.1. The van der Waals surface area contributed by atoms with E-state index in [0.717, 1.165) is 16.5 Å². The first-order valence-electron chi connectivity index (χ1n) is 8.57. The first-order valence-corrected chi connectivity index (χ1v) is 9.81. The van der Waals surface area contributed by atoms with Crippen LogP contribution in [-0.4, -0.2) is 12.6 Å². The fourth-order valence-electron chi connectivity index (χ4n) is 1.74. The van der Waals surface area contributed by atoms with Crippen molar-refractivity contribution in [3.63, 3.8) is 0 Å². The molecule has 1 N–H and O–H groups in total. The summed E-state index contributed by atoms with van der Waals surface area (Å²) < 4.78 is 8.51. The number of benzene rings is 1. The zero-order chi connectivity index (χ0) is 19.9. The molecule has 0 saturated heterocycles. The zero-order valence-corrected chi connectivity index (χ0v) is 18.9. The van der Waals surface area contributed by atoms with Crippen LogP contribution < -0.4 is 4.72 Å². The number of ether oxygens (including phenoxy) is 1. The van der Waals surface area contributed by atoms with Gasteiger partial charge in [-0.15, -0.1) is 6.58 Å². The summed E-state index contributed by atoms with van der Waals surface area (Å²) in [6, 6.07) is 8.26. The van der Waals surface area contributed by atoms with Gasteiger partial charge in [0.2, 0.25) is 0 Å². The Morgan fingerprint density at radius 3 is 2.04 bits per heavy atom. The van der Waals surface area contributed by atoms with E-state index in [1.54, 1.807) is 13.8 Å². The monoisotopic (exact) mass is 431 g/mol. The van der Waals surface area contributed by atoms with Crippen molar-refractivity contribution in [2.45, 2.75) is 72.4 Å². The van der Waals surface area contributed by atoms with Crippen LogP contribution in [0.25, 0.3) is 0 Å². The quantitative estimate of drug-likeness (QED) is 0.296. The molecule has 5 heteroatoms. The van der Waals surface area contributed by atoms with Crippen molar-refractivity contribution in [3.8, 4) is 0 Å². The summed E-state index contributed by atoms with van der Waals surface area (Å²) in [5, 5.41) is 0. The van der Waals surface area contributed by atoms with Gasteiger partial charge in [-0.1, -0.05) is 73.1 Å². The predicted octanol–water partition coefficient (Wildman–Crippen LogP) is 6.44. The van der Waals surface area contributed by atoms with Crippen molar-refractivity contribution < 1.29 is 9.53 Å². The minimum atomic E-state index is -0.157. The average molecular weight is 432 g/mol. The SMILES string of the molecule is C=C(C)CC(C)(NS)c1ccc(Br)cc1.CC(C)OC=O.CCCC. The molecular formula is C20H34BrNO2S. The van der Waals surface area contributed by atoms with Crippen molar-refractivity contribution in [1.29, 1.82) is 0 Å². The number of rotatable bonds is 7. The second-order valence-corrected chi connectivity index (χ2v) is 7.51. The number of unbranched alkanes of at least 4 members (excludes halogenated alkanes) is 1. The molecule has 1 aromatic rings. The molecule has 1 atom stereocenters. The van der Waals surface area contributed by atoms with Crippen molar-refractivity contribution in [3.05, 3.63) is 46.5 Å². The molecule has 3 nitrogen and oxygen atoms in total. The molecule has 0 fully saturated rings. The molecule has 1 unspecified atom stereocenters. The maximum atomic E-state index is 9.39. The normalized spacial score (nSPS) is 12.0. The Hall–Kier alpha value is -0.780. The van der Waals surface area contributed by atoms with Crippen LogP contribution in [0.15, 0.2) is 40.9 Å². The standard InChI is InChI=1S/C12H16BrNS.C4H8O2.C4H10/c1-9(2)8-12(3,14-15)10-4-6-11(13)7-5-10;1-4(2)6-3-5;1-3-4-2/h4-7,14-15H,1,8H2,2-3H3;3-4H,1-2H3;3-4H2,1-2H3. The Labute approximate surface area is 168 Å². The summed E-state index contributed by atoms with van der Waals surface area (Å²) in [7, 11) is 0. The fraction of sp³-hybridized carbons (Fsp3) is 0.550. The topological polar surface area (TPSA) is 38.3 Å². The van der Waals surface area contributed by atoms with Crippen LogP contribution in [0.2, 0.25) is 0 Å². The van der Waals surface area contributed by atoms with E-state index in [9.17, 15) is 4.79 Å². The summed E-state index contributed by atoms with van der Waals surface area (Å²) in [5.41, 5.74) is 2.20. The van der Waals surface area contributed by atoms with Gasteiger partial charge in [-0.3, -0.25) is 9.52 Å². The van der Waals surface area contributed by atoms with E-state index in [2.05, 4.69) is 77.7 Å². The molecule has 1 rings (SSSR count). The number of thiol groups is 1. The molecule has 25 heavy (non-hydrogen) atoms. The highest BCUT2D eigenvalue weighted by molar-refractivity contribution is 9.10. The summed E-state index contributed by atoms with van der Waals surface area (Å²) >= 11 is 7.64. The molecule has 1 aromatic carbocycles. The highest BCUT2D eigenvalue weighted by Crippen LogP contribution is 2.29. The maximum absolute atomic E-state index is 9.39. The van der Waals surface area contributed by atoms with Gasteiger partial charge in [-0.25, -0.2) is 0 Å². The Kier molecular flexibility index (Phi) is 16.4. The van der Waals surface area contributed by atoms with Crippen LogP contribution >= 0.6 is 28.7 Å². The van der Waals surface area contributed by atoms with Crippen molar-refractivity contribution in [1.82, 2.24) is 4.72 Å². The number of hydrogen-bond donors (Lipinski definition) is 2. The van der Waals surface area contributed by atoms with E-state index in [0.29, 0.717) is 6.47 Å². The van der Waals surface area contributed by atoms with E-state index in [4.69, 9.17) is 0 Å². The van der Waals surface area contributed by atoms with E-state index in [1.165, 1.54) is 18.4 Å². The van der Waals surface area contributed by atoms with Crippen LogP contribution in [0.1, 0.15) is 66.4 Å². The lowest BCUT2D eigenvalue weighted by Crippen LogP contribution is -2.33. The lowest BCUT2D eigenvalue weighted by molar-refractivity contribution is -0.131. The Balaban J connectivity index is 0. The van der Waals surface area contributed by atoms with Gasteiger partial charge in [-0.05, 0) is 51.8 Å². The Morgan fingerprint density at radius 2 is 1.80 bits per heavy atom. The molecule has 0 aliphatic heterocycles. The number of hydrogen-bond acceptors (Lipinski definition) is 4. The molecule has 0 saturated carbocycles. The number of nitrogens with one attached hydrogen (secondary N) is 1. The van der Waals surface area contributed by atoms with Gasteiger partial charge in [0, 0.05) is 4.47 Å². The largest absolute Gasteiger partial charge is 0.465 e. The van der Waals surface area contributed by atoms with Crippen molar-refractivity contribution >= 4 is 35.2 Å². The maximum Gasteiger partial charge on any atom is 0.293 e. The number of halogens is 1. The minimum Gasteiger partial charge on any atom is -0.465 e. The fourth-order valence-corrected chi connectivity index (χ4v) is 2.21. The van der Waals surface area contributed by atoms with Gasteiger partial charge < -0.3 is 4.74 Å².